The molecule has 5 nitrogen and oxygen atoms in total. The molecule has 4 heterocycles. The van der Waals surface area contributed by atoms with Crippen LogP contribution in [0.5, 0.6) is 0 Å². The summed E-state index contributed by atoms with van der Waals surface area (Å²) >= 11 is 1.44. The Bertz CT molecular complexity index is 753. The molecule has 0 radical (unpaired) electrons. The predicted molar refractivity (Wildman–Crippen MR) is 98.6 cm³/mol. The molecule has 2 aromatic heterocycles. The van der Waals surface area contributed by atoms with Crippen LogP contribution in [0.2, 0.25) is 0 Å². The van der Waals surface area contributed by atoms with Crippen molar-refractivity contribution in [3.63, 3.8) is 0 Å². The SMILES string of the molecule is Cc1ncsc1C(=O)N1CCC[C@@H]1c1ccnc(CN2CCCC2)c1. The average molecular weight is 356 g/mol. The molecule has 132 valence electrons. The van der Waals surface area contributed by atoms with Gasteiger partial charge >= 0.3 is 0 Å². The standard InChI is InChI=1S/C19H24N4OS/c1-14-18(25-13-21-14)19(24)23-10-4-5-17(23)15-6-7-20-16(11-15)12-22-8-2-3-9-22/h6-7,11,13,17H,2-5,8-10,12H2,1H3/t17-/m1/s1. The first kappa shape index (κ1) is 16.7. The quantitative estimate of drug-likeness (QED) is 0.842. The molecule has 2 aliphatic heterocycles. The Morgan fingerprint density at radius 1 is 1.24 bits per heavy atom. The van der Waals surface area contributed by atoms with Crippen molar-refractivity contribution >= 4 is 17.2 Å². The topological polar surface area (TPSA) is 49.3 Å². The van der Waals surface area contributed by atoms with Crippen molar-refractivity contribution in [3.05, 3.63) is 45.7 Å². The highest BCUT2D eigenvalue weighted by molar-refractivity contribution is 7.11. The number of hydrogen-bond acceptors (Lipinski definition) is 5. The zero-order valence-corrected chi connectivity index (χ0v) is 15.5. The molecule has 2 saturated heterocycles. The molecule has 2 fully saturated rings. The van der Waals surface area contributed by atoms with E-state index in [1.54, 1.807) is 5.51 Å². The second-order valence-electron chi connectivity index (χ2n) is 6.99. The molecule has 2 aliphatic rings. The fraction of sp³-hybridized carbons (Fsp3) is 0.526. The van der Waals surface area contributed by atoms with Gasteiger partial charge < -0.3 is 4.90 Å². The number of hydrogen-bond donors (Lipinski definition) is 0. The summed E-state index contributed by atoms with van der Waals surface area (Å²) in [5.41, 5.74) is 4.93. The van der Waals surface area contributed by atoms with Crippen LogP contribution in [0.15, 0.2) is 23.8 Å². The van der Waals surface area contributed by atoms with Gasteiger partial charge in [0.1, 0.15) is 4.88 Å². The normalized spacial score (nSPS) is 21.2. The molecule has 0 aliphatic carbocycles. The summed E-state index contributed by atoms with van der Waals surface area (Å²) in [5, 5.41) is 0. The molecule has 4 rings (SSSR count). The van der Waals surface area contributed by atoms with Crippen LogP contribution in [0.3, 0.4) is 0 Å². The van der Waals surface area contributed by atoms with Crippen LogP contribution >= 0.6 is 11.3 Å². The van der Waals surface area contributed by atoms with E-state index < -0.39 is 0 Å². The summed E-state index contributed by atoms with van der Waals surface area (Å²) < 4.78 is 0. The number of amides is 1. The first-order chi connectivity index (χ1) is 12.2. The summed E-state index contributed by atoms with van der Waals surface area (Å²) in [6.45, 7) is 6.00. The highest BCUT2D eigenvalue weighted by atomic mass is 32.1. The Labute approximate surface area is 152 Å². The number of carbonyl (C=O) groups is 1. The number of pyridine rings is 1. The third kappa shape index (κ3) is 3.46. The van der Waals surface area contributed by atoms with E-state index in [0.717, 1.165) is 42.2 Å². The van der Waals surface area contributed by atoms with Gasteiger partial charge in [0.25, 0.3) is 5.91 Å². The third-order valence-electron chi connectivity index (χ3n) is 5.26. The fourth-order valence-corrected chi connectivity index (χ4v) is 4.71. The Hall–Kier alpha value is -1.79. The Morgan fingerprint density at radius 2 is 2.08 bits per heavy atom. The van der Waals surface area contributed by atoms with Crippen molar-refractivity contribution in [2.24, 2.45) is 0 Å². The summed E-state index contributed by atoms with van der Waals surface area (Å²) in [6, 6.07) is 4.44. The van der Waals surface area contributed by atoms with Gasteiger partial charge in [0.05, 0.1) is 22.9 Å². The van der Waals surface area contributed by atoms with E-state index in [4.69, 9.17) is 0 Å². The molecular formula is C19H24N4OS. The van der Waals surface area contributed by atoms with Gasteiger partial charge in [0, 0.05) is 19.3 Å². The minimum atomic E-state index is 0.125. The third-order valence-corrected chi connectivity index (χ3v) is 6.18. The van der Waals surface area contributed by atoms with Gasteiger partial charge in [-0.3, -0.25) is 14.7 Å². The molecule has 1 amide bonds. The maximum atomic E-state index is 12.9. The second kappa shape index (κ2) is 7.22. The van der Waals surface area contributed by atoms with Crippen LogP contribution in [-0.4, -0.2) is 45.3 Å². The van der Waals surface area contributed by atoms with E-state index >= 15 is 0 Å². The van der Waals surface area contributed by atoms with Crippen molar-refractivity contribution < 1.29 is 4.79 Å². The molecular weight excluding hydrogens is 332 g/mol. The molecule has 1 atom stereocenters. The largest absolute Gasteiger partial charge is 0.331 e. The number of aryl methyl sites for hydroxylation is 1. The lowest BCUT2D eigenvalue weighted by Crippen LogP contribution is -2.30. The molecule has 0 aromatic carbocycles. The minimum absolute atomic E-state index is 0.125. The van der Waals surface area contributed by atoms with Crippen LogP contribution in [0.4, 0.5) is 0 Å². The average Bonchev–Trinajstić information content (AvgIpc) is 3.36. The zero-order chi connectivity index (χ0) is 17.2. The lowest BCUT2D eigenvalue weighted by molar-refractivity contribution is 0.0739. The van der Waals surface area contributed by atoms with Crippen molar-refractivity contribution in [2.45, 2.75) is 45.2 Å². The number of thiazole rings is 1. The summed E-state index contributed by atoms with van der Waals surface area (Å²) in [4.78, 5) is 27.0. The van der Waals surface area contributed by atoms with Crippen LogP contribution < -0.4 is 0 Å². The van der Waals surface area contributed by atoms with Gasteiger partial charge in [-0.1, -0.05) is 0 Å². The Morgan fingerprint density at radius 3 is 2.84 bits per heavy atom. The minimum Gasteiger partial charge on any atom is -0.331 e. The van der Waals surface area contributed by atoms with Crippen LogP contribution in [0.1, 0.15) is 58.3 Å². The Kier molecular flexibility index (Phi) is 4.81. The number of carbonyl (C=O) groups excluding carboxylic acids is 1. The smallest absolute Gasteiger partial charge is 0.266 e. The van der Waals surface area contributed by atoms with E-state index in [1.807, 2.05) is 18.0 Å². The molecule has 25 heavy (non-hydrogen) atoms. The molecule has 6 heteroatoms. The maximum Gasteiger partial charge on any atom is 0.266 e. The summed E-state index contributed by atoms with van der Waals surface area (Å²) in [7, 11) is 0. The monoisotopic (exact) mass is 356 g/mol. The lowest BCUT2D eigenvalue weighted by atomic mass is 10.0. The second-order valence-corrected chi connectivity index (χ2v) is 7.84. The number of nitrogens with zero attached hydrogens (tertiary/aromatic N) is 4. The molecule has 2 aromatic rings. The first-order valence-corrected chi connectivity index (χ1v) is 9.98. The van der Waals surface area contributed by atoms with Crippen LogP contribution in [-0.2, 0) is 6.54 Å². The van der Waals surface area contributed by atoms with Gasteiger partial charge in [-0.25, -0.2) is 4.98 Å². The van der Waals surface area contributed by atoms with Crippen molar-refractivity contribution in [3.8, 4) is 0 Å². The number of rotatable bonds is 4. The van der Waals surface area contributed by atoms with E-state index in [2.05, 4.69) is 27.0 Å². The van der Waals surface area contributed by atoms with Gasteiger partial charge in [-0.2, -0.15) is 0 Å². The number of aromatic nitrogens is 2. The molecule has 0 spiro atoms. The molecule has 0 unspecified atom stereocenters. The molecule has 0 saturated carbocycles. The fourth-order valence-electron chi connectivity index (χ4n) is 3.95. The van der Waals surface area contributed by atoms with Crippen molar-refractivity contribution in [1.82, 2.24) is 19.8 Å². The van der Waals surface area contributed by atoms with Crippen molar-refractivity contribution in [2.75, 3.05) is 19.6 Å². The molecule has 0 N–H and O–H groups in total. The van der Waals surface area contributed by atoms with E-state index in [1.165, 1.54) is 42.8 Å². The van der Waals surface area contributed by atoms with Crippen LogP contribution in [0, 0.1) is 6.92 Å². The van der Waals surface area contributed by atoms with E-state index in [0.29, 0.717) is 0 Å². The van der Waals surface area contributed by atoms with Gasteiger partial charge in [-0.15, -0.1) is 11.3 Å². The van der Waals surface area contributed by atoms with Crippen molar-refractivity contribution in [1.29, 1.82) is 0 Å². The molecule has 0 bridgehead atoms. The highest BCUT2D eigenvalue weighted by Gasteiger charge is 2.32. The van der Waals surface area contributed by atoms with Gasteiger partial charge in [0.2, 0.25) is 0 Å². The van der Waals surface area contributed by atoms with E-state index in [9.17, 15) is 4.79 Å². The summed E-state index contributed by atoms with van der Waals surface area (Å²) in [6.07, 6.45) is 6.56. The summed E-state index contributed by atoms with van der Waals surface area (Å²) in [5.74, 6) is 0.125. The first-order valence-electron chi connectivity index (χ1n) is 9.10. The van der Waals surface area contributed by atoms with Gasteiger partial charge in [0.15, 0.2) is 0 Å². The zero-order valence-electron chi connectivity index (χ0n) is 14.6. The van der Waals surface area contributed by atoms with E-state index in [-0.39, 0.29) is 11.9 Å². The maximum absolute atomic E-state index is 12.9. The predicted octanol–water partition coefficient (Wildman–Crippen LogP) is 3.42. The van der Waals surface area contributed by atoms with Crippen LogP contribution in [0.25, 0.3) is 0 Å². The van der Waals surface area contributed by atoms with Gasteiger partial charge in [-0.05, 0) is 63.4 Å². The Balaban J connectivity index is 1.53. The highest BCUT2D eigenvalue weighted by Crippen LogP contribution is 2.34. The number of likely N-dealkylation sites (tertiary alicyclic amines) is 2. The lowest BCUT2D eigenvalue weighted by Gasteiger charge is -2.25.